The monoisotopic (exact) mass is 467 g/mol. The Balaban J connectivity index is 0.00000385. The van der Waals surface area contributed by atoms with Gasteiger partial charge < -0.3 is 16.2 Å². The number of anilines is 1. The van der Waals surface area contributed by atoms with Crippen LogP contribution in [-0.2, 0) is 13.1 Å². The van der Waals surface area contributed by atoms with Gasteiger partial charge in [-0.3, -0.25) is 10.2 Å². The second kappa shape index (κ2) is 11.7. The summed E-state index contributed by atoms with van der Waals surface area (Å²) in [4.78, 5) is 29.1. The Morgan fingerprint density at radius 1 is 1.21 bits per heavy atom. The van der Waals surface area contributed by atoms with E-state index in [2.05, 4.69) is 21.5 Å². The van der Waals surface area contributed by atoms with E-state index in [4.69, 9.17) is 12.2 Å². The van der Waals surface area contributed by atoms with Gasteiger partial charge in [0, 0.05) is 24.7 Å². The average molecular weight is 468 g/mol. The van der Waals surface area contributed by atoms with Crippen molar-refractivity contribution in [2.75, 3.05) is 18.4 Å². The van der Waals surface area contributed by atoms with E-state index in [0.29, 0.717) is 18.9 Å². The number of carbonyl (C=O) groups excluding carboxylic acids is 1. The van der Waals surface area contributed by atoms with Crippen molar-refractivity contribution >= 4 is 41.1 Å². The van der Waals surface area contributed by atoms with Crippen molar-refractivity contribution in [1.29, 1.82) is 0 Å². The summed E-state index contributed by atoms with van der Waals surface area (Å²) in [5.74, 6) is 2.76. The highest BCUT2D eigenvalue weighted by Crippen LogP contribution is 2.33. The maximum atomic E-state index is 12.0. The highest BCUT2D eigenvalue weighted by molar-refractivity contribution is 6.01. The summed E-state index contributed by atoms with van der Waals surface area (Å²) in [7, 11) is 0. The van der Waals surface area contributed by atoms with Gasteiger partial charge in [0.2, 0.25) is 0 Å². The molecule has 9 heteroatoms. The van der Waals surface area contributed by atoms with Gasteiger partial charge in [0.1, 0.15) is 5.82 Å². The van der Waals surface area contributed by atoms with E-state index in [0.717, 1.165) is 37.9 Å². The molecule has 1 aromatic heterocycles. The number of nitrogens with one attached hydrogen (secondary N) is 2. The minimum atomic E-state index is -1.10. The van der Waals surface area contributed by atoms with Gasteiger partial charge in [-0.05, 0) is 46.7 Å². The van der Waals surface area contributed by atoms with E-state index >= 15 is 0 Å². The van der Waals surface area contributed by atoms with E-state index in [-0.39, 0.29) is 31.5 Å². The van der Waals surface area contributed by atoms with Crippen LogP contribution in [0.5, 0.6) is 0 Å². The van der Waals surface area contributed by atoms with Gasteiger partial charge in [-0.2, -0.15) is 0 Å². The van der Waals surface area contributed by atoms with Crippen molar-refractivity contribution in [2.45, 2.75) is 20.0 Å². The van der Waals surface area contributed by atoms with Crippen LogP contribution < -0.4 is 16.4 Å². The molecule has 0 spiro atoms. The fraction of sp³-hybridized carbons (Fsp3) is 0.208. The molecule has 5 N–H and O–H groups in total. The molecule has 3 rings (SSSR count). The number of pyridine rings is 1. The second-order valence-electron chi connectivity index (χ2n) is 7.12. The summed E-state index contributed by atoms with van der Waals surface area (Å²) in [5, 5.41) is 16.5. The largest absolute Gasteiger partial charge is 0.465 e. The van der Waals surface area contributed by atoms with E-state index in [9.17, 15) is 14.7 Å². The third-order valence-electron chi connectivity index (χ3n) is 4.96. The number of nitrogens with zero attached hydrogens (tertiary/aromatic N) is 2. The van der Waals surface area contributed by atoms with Crippen molar-refractivity contribution in [2.24, 2.45) is 5.73 Å². The number of nitrogens with two attached hydrogens (primary N) is 1. The lowest BCUT2D eigenvalue weighted by Gasteiger charge is -2.19. The third kappa shape index (κ3) is 6.13. The molecule has 0 aliphatic heterocycles. The number of carbonyl (C=O) groups is 2. The number of carboxylic acid groups (broad SMARTS) is 1. The van der Waals surface area contributed by atoms with Crippen LogP contribution in [0.4, 0.5) is 15.4 Å². The van der Waals surface area contributed by atoms with E-state index < -0.39 is 6.09 Å². The molecule has 172 valence electrons. The Morgan fingerprint density at radius 2 is 2.00 bits per heavy atom. The molecular formula is C24H26ClN5O3. The molecule has 33 heavy (non-hydrogen) atoms. The second-order valence-corrected chi connectivity index (χ2v) is 7.12. The smallest absolute Gasteiger partial charge is 0.408 e. The molecule has 0 radical (unpaired) electrons. The number of halogens is 1. The lowest BCUT2D eigenvalue weighted by molar-refractivity contribution is 0.149. The van der Waals surface area contributed by atoms with E-state index in [1.165, 1.54) is 0 Å². The zero-order valence-corrected chi connectivity index (χ0v) is 19.0. The number of amides is 3. The molecular weight excluding hydrogens is 442 g/mol. The Morgan fingerprint density at radius 3 is 2.67 bits per heavy atom. The lowest BCUT2D eigenvalue weighted by atomic mass is 9.95. The topological polar surface area (TPSA) is 121 Å². The quantitative estimate of drug-likeness (QED) is 0.391. The summed E-state index contributed by atoms with van der Waals surface area (Å²) >= 11 is 0. The normalized spacial score (nSPS) is 10.1. The summed E-state index contributed by atoms with van der Waals surface area (Å²) in [6.07, 6.45) is 5.87. The fourth-order valence-electron chi connectivity index (χ4n) is 3.45. The minimum absolute atomic E-state index is 0. The molecule has 3 aromatic rings. The number of aromatic nitrogens is 1. The third-order valence-corrected chi connectivity index (χ3v) is 4.96. The summed E-state index contributed by atoms with van der Waals surface area (Å²) in [5.41, 5.74) is 9.43. The molecule has 0 bridgehead atoms. The average Bonchev–Trinajstić information content (AvgIpc) is 2.78. The van der Waals surface area contributed by atoms with Crippen LogP contribution in [0.2, 0.25) is 0 Å². The number of fused-ring (bicyclic) bond motifs is 1. The van der Waals surface area contributed by atoms with Crippen molar-refractivity contribution in [3.63, 3.8) is 0 Å². The molecule has 3 amide bonds. The van der Waals surface area contributed by atoms with Crippen LogP contribution in [0.1, 0.15) is 18.1 Å². The summed E-state index contributed by atoms with van der Waals surface area (Å²) in [6, 6.07) is 13.1. The number of benzene rings is 2. The minimum Gasteiger partial charge on any atom is -0.465 e. The maximum Gasteiger partial charge on any atom is 0.408 e. The van der Waals surface area contributed by atoms with E-state index in [1.807, 2.05) is 43.3 Å². The van der Waals surface area contributed by atoms with Crippen LogP contribution in [0.25, 0.3) is 21.9 Å². The molecule has 0 unspecified atom stereocenters. The van der Waals surface area contributed by atoms with Gasteiger partial charge in [-0.25, -0.2) is 14.6 Å². The van der Waals surface area contributed by atoms with Crippen molar-refractivity contribution < 1.29 is 14.7 Å². The van der Waals surface area contributed by atoms with Gasteiger partial charge in [-0.15, -0.1) is 18.8 Å². The molecule has 0 aliphatic carbocycles. The Kier molecular flexibility index (Phi) is 9.04. The number of hydrogen-bond acceptors (Lipinski definition) is 4. The Bertz CT molecular complexity index is 1190. The predicted octanol–water partition coefficient (Wildman–Crippen LogP) is 4.04. The number of hydrogen-bond donors (Lipinski definition) is 4. The number of urea groups is 1. The van der Waals surface area contributed by atoms with Crippen LogP contribution >= 0.6 is 12.4 Å². The maximum absolute atomic E-state index is 12.0. The van der Waals surface area contributed by atoms with E-state index in [1.54, 1.807) is 12.3 Å². The van der Waals surface area contributed by atoms with Gasteiger partial charge >= 0.3 is 12.1 Å². The first kappa shape index (κ1) is 25.5. The van der Waals surface area contributed by atoms with Crippen molar-refractivity contribution in [3.8, 4) is 23.5 Å². The highest BCUT2D eigenvalue weighted by atomic mass is 35.5. The molecule has 0 aliphatic rings. The predicted molar refractivity (Wildman–Crippen MR) is 132 cm³/mol. The molecule has 2 aromatic carbocycles. The first-order valence-corrected chi connectivity index (χ1v) is 10.1. The molecule has 0 saturated carbocycles. The Hall–Kier alpha value is -3.80. The molecule has 1 heterocycles. The summed E-state index contributed by atoms with van der Waals surface area (Å²) < 4.78 is 0. The SMILES string of the molecule is C#CCN(Cc1ccc(-c2cccc(CN)c2)c2cc(NC(=O)NCC)ncc12)C(=O)O.Cl. The van der Waals surface area contributed by atoms with Gasteiger partial charge in [-0.1, -0.05) is 36.3 Å². The lowest BCUT2D eigenvalue weighted by Crippen LogP contribution is -2.29. The molecule has 0 atom stereocenters. The van der Waals surface area contributed by atoms with Crippen LogP contribution in [0, 0.1) is 12.3 Å². The zero-order valence-electron chi connectivity index (χ0n) is 18.2. The van der Waals surface area contributed by atoms with Crippen LogP contribution in [-0.4, -0.2) is 40.2 Å². The number of rotatable bonds is 7. The number of terminal acetylenes is 1. The molecule has 0 saturated heterocycles. The molecule has 8 nitrogen and oxygen atoms in total. The van der Waals surface area contributed by atoms with Crippen LogP contribution in [0.3, 0.4) is 0 Å². The van der Waals surface area contributed by atoms with Crippen LogP contribution in [0.15, 0.2) is 48.7 Å². The Labute approximate surface area is 198 Å². The first-order valence-electron chi connectivity index (χ1n) is 10.1. The first-order chi connectivity index (χ1) is 15.5. The molecule has 0 fully saturated rings. The standard InChI is InChI=1S/C24H25N5O3.ClH/c1-3-10-29(24(31)32)15-18-8-9-19(17-7-5-6-16(11-17)13-25)20-12-22(27-14-21(18)20)28-23(30)26-4-2;/h1,5-9,11-12,14H,4,10,13,15,25H2,2H3,(H,31,32)(H2,26,27,28,30);1H. The van der Waals surface area contributed by atoms with Gasteiger partial charge in [0.15, 0.2) is 0 Å². The highest BCUT2D eigenvalue weighted by Gasteiger charge is 2.16. The van der Waals surface area contributed by atoms with Crippen molar-refractivity contribution in [1.82, 2.24) is 15.2 Å². The van der Waals surface area contributed by atoms with Crippen molar-refractivity contribution in [3.05, 3.63) is 59.8 Å². The van der Waals surface area contributed by atoms with Gasteiger partial charge in [0.25, 0.3) is 0 Å². The fourth-order valence-corrected chi connectivity index (χ4v) is 3.45. The summed E-state index contributed by atoms with van der Waals surface area (Å²) in [6.45, 7) is 2.81. The van der Waals surface area contributed by atoms with Gasteiger partial charge in [0.05, 0.1) is 13.1 Å². The zero-order chi connectivity index (χ0) is 23.1.